The highest BCUT2D eigenvalue weighted by Crippen LogP contribution is 1.83. The fourth-order valence-corrected chi connectivity index (χ4v) is 0.524. The van der Waals surface area contributed by atoms with Gasteiger partial charge < -0.3 is 14.9 Å². The van der Waals surface area contributed by atoms with Gasteiger partial charge in [0.1, 0.15) is 0 Å². The Morgan fingerprint density at radius 1 is 1.30 bits per heavy atom. The summed E-state index contributed by atoms with van der Waals surface area (Å²) in [4.78, 5) is 1.47. The molecule has 0 aromatic carbocycles. The fraction of sp³-hybridized carbons (Fsp3) is 1.00. The van der Waals surface area contributed by atoms with Gasteiger partial charge in [0.05, 0.1) is 20.1 Å². The summed E-state index contributed by atoms with van der Waals surface area (Å²) in [5, 5.41) is 17.1. The Bertz CT molecular complexity index is 66.0. The molecule has 0 aliphatic carbocycles. The molecule has 0 unspecified atom stereocenters. The van der Waals surface area contributed by atoms with E-state index >= 15 is 0 Å². The second kappa shape index (κ2) is 6.95. The average Bonchev–Trinajstić information content (AvgIpc) is 1.99. The third-order valence-electron chi connectivity index (χ3n) is 1.16. The van der Waals surface area contributed by atoms with E-state index in [2.05, 4.69) is 0 Å². The minimum Gasteiger partial charge on any atom is -0.381 e. The van der Waals surface area contributed by atoms with Crippen LogP contribution < -0.4 is 0 Å². The Morgan fingerprint density at radius 3 is 2.30 bits per heavy atom. The topological polar surface area (TPSA) is 52.9 Å². The standard InChI is InChI=1S/C6H15NO3/c1-2-10-4-3-7(5-8)6-9/h8-9H,2-6H2,1H3. The highest BCUT2D eigenvalue weighted by molar-refractivity contribution is 4.43. The van der Waals surface area contributed by atoms with E-state index in [-0.39, 0.29) is 13.5 Å². The SMILES string of the molecule is CCOCCN(CO)CO. The van der Waals surface area contributed by atoms with Crippen molar-refractivity contribution in [1.29, 1.82) is 0 Å². The van der Waals surface area contributed by atoms with Gasteiger partial charge in [-0.3, -0.25) is 4.90 Å². The quantitative estimate of drug-likeness (QED) is 0.384. The van der Waals surface area contributed by atoms with Crippen molar-refractivity contribution < 1.29 is 14.9 Å². The summed E-state index contributed by atoms with van der Waals surface area (Å²) in [6, 6.07) is 0. The molecular weight excluding hydrogens is 134 g/mol. The number of nitrogens with zero attached hydrogens (tertiary/aromatic N) is 1. The Hall–Kier alpha value is -0.160. The number of aliphatic hydroxyl groups excluding tert-OH is 2. The average molecular weight is 149 g/mol. The van der Waals surface area contributed by atoms with Crippen LogP contribution in [0.3, 0.4) is 0 Å². The largest absolute Gasteiger partial charge is 0.381 e. The van der Waals surface area contributed by atoms with E-state index in [1.807, 2.05) is 6.92 Å². The van der Waals surface area contributed by atoms with Gasteiger partial charge in [-0.15, -0.1) is 0 Å². The Balaban J connectivity index is 3.09. The van der Waals surface area contributed by atoms with Crippen molar-refractivity contribution in [3.8, 4) is 0 Å². The molecule has 10 heavy (non-hydrogen) atoms. The summed E-state index contributed by atoms with van der Waals surface area (Å²) in [5.74, 6) is 0. The van der Waals surface area contributed by atoms with Gasteiger partial charge in [-0.25, -0.2) is 0 Å². The summed E-state index contributed by atoms with van der Waals surface area (Å²) >= 11 is 0. The van der Waals surface area contributed by atoms with E-state index in [1.54, 1.807) is 0 Å². The van der Waals surface area contributed by atoms with E-state index in [1.165, 1.54) is 4.90 Å². The maximum absolute atomic E-state index is 8.54. The number of aliphatic hydroxyl groups is 2. The van der Waals surface area contributed by atoms with E-state index in [0.29, 0.717) is 19.8 Å². The van der Waals surface area contributed by atoms with Gasteiger partial charge in [0, 0.05) is 13.2 Å². The van der Waals surface area contributed by atoms with E-state index in [4.69, 9.17) is 14.9 Å². The second-order valence-corrected chi connectivity index (χ2v) is 1.87. The minimum atomic E-state index is -0.121. The molecule has 62 valence electrons. The Morgan fingerprint density at radius 2 is 1.90 bits per heavy atom. The van der Waals surface area contributed by atoms with E-state index in [9.17, 15) is 0 Å². The lowest BCUT2D eigenvalue weighted by Gasteiger charge is -2.14. The molecule has 0 atom stereocenters. The first kappa shape index (κ1) is 9.84. The molecule has 0 heterocycles. The van der Waals surface area contributed by atoms with Crippen LogP contribution in [0.2, 0.25) is 0 Å². The predicted molar refractivity (Wildman–Crippen MR) is 37.4 cm³/mol. The molecule has 0 fully saturated rings. The van der Waals surface area contributed by atoms with Crippen LogP contribution in [0.1, 0.15) is 6.92 Å². The van der Waals surface area contributed by atoms with Gasteiger partial charge in [0.2, 0.25) is 0 Å². The Labute approximate surface area is 61.0 Å². The van der Waals surface area contributed by atoms with Gasteiger partial charge in [-0.1, -0.05) is 0 Å². The normalized spacial score (nSPS) is 10.8. The summed E-state index contributed by atoms with van der Waals surface area (Å²) in [6.45, 7) is 3.46. The molecule has 0 aliphatic rings. The Kier molecular flexibility index (Phi) is 6.84. The zero-order chi connectivity index (χ0) is 7.82. The molecule has 0 bridgehead atoms. The molecule has 0 aliphatic heterocycles. The van der Waals surface area contributed by atoms with Gasteiger partial charge in [0.25, 0.3) is 0 Å². The van der Waals surface area contributed by atoms with Crippen molar-refractivity contribution in [1.82, 2.24) is 4.90 Å². The summed E-state index contributed by atoms with van der Waals surface area (Å²) < 4.78 is 5.00. The third kappa shape index (κ3) is 4.69. The summed E-state index contributed by atoms with van der Waals surface area (Å²) in [5.41, 5.74) is 0. The van der Waals surface area contributed by atoms with Crippen LogP contribution in [0.25, 0.3) is 0 Å². The van der Waals surface area contributed by atoms with Crippen LogP contribution in [0.4, 0.5) is 0 Å². The van der Waals surface area contributed by atoms with Crippen molar-refractivity contribution in [3.63, 3.8) is 0 Å². The van der Waals surface area contributed by atoms with Crippen molar-refractivity contribution in [3.05, 3.63) is 0 Å². The molecule has 0 amide bonds. The van der Waals surface area contributed by atoms with Crippen molar-refractivity contribution in [2.24, 2.45) is 0 Å². The number of rotatable bonds is 6. The minimum absolute atomic E-state index is 0.121. The van der Waals surface area contributed by atoms with Crippen molar-refractivity contribution in [2.75, 3.05) is 33.2 Å². The molecular formula is C6H15NO3. The zero-order valence-electron chi connectivity index (χ0n) is 6.29. The first-order valence-corrected chi connectivity index (χ1v) is 3.37. The van der Waals surface area contributed by atoms with Crippen LogP contribution in [0, 0.1) is 0 Å². The van der Waals surface area contributed by atoms with E-state index < -0.39 is 0 Å². The van der Waals surface area contributed by atoms with Gasteiger partial charge in [-0.2, -0.15) is 0 Å². The first-order chi connectivity index (χ1) is 4.85. The van der Waals surface area contributed by atoms with Crippen LogP contribution in [0.5, 0.6) is 0 Å². The van der Waals surface area contributed by atoms with Gasteiger partial charge >= 0.3 is 0 Å². The lowest BCUT2D eigenvalue weighted by atomic mass is 10.6. The number of ether oxygens (including phenoxy) is 1. The van der Waals surface area contributed by atoms with Crippen molar-refractivity contribution in [2.45, 2.75) is 6.92 Å². The van der Waals surface area contributed by atoms with Gasteiger partial charge in [0.15, 0.2) is 0 Å². The first-order valence-electron chi connectivity index (χ1n) is 3.37. The smallest absolute Gasteiger partial charge is 0.0975 e. The maximum Gasteiger partial charge on any atom is 0.0975 e. The lowest BCUT2D eigenvalue weighted by Crippen LogP contribution is -2.29. The predicted octanol–water partition coefficient (Wildman–Crippen LogP) is -0.775. The van der Waals surface area contributed by atoms with Gasteiger partial charge in [-0.05, 0) is 6.92 Å². The highest BCUT2D eigenvalue weighted by Gasteiger charge is 1.98. The zero-order valence-corrected chi connectivity index (χ0v) is 6.29. The van der Waals surface area contributed by atoms with Crippen LogP contribution in [-0.2, 0) is 4.74 Å². The molecule has 2 N–H and O–H groups in total. The molecule has 0 rings (SSSR count). The summed E-state index contributed by atoms with van der Waals surface area (Å²) in [7, 11) is 0. The number of hydrogen-bond acceptors (Lipinski definition) is 4. The molecule has 0 aromatic heterocycles. The molecule has 4 nitrogen and oxygen atoms in total. The molecule has 0 saturated heterocycles. The molecule has 0 radical (unpaired) electrons. The maximum atomic E-state index is 8.54. The van der Waals surface area contributed by atoms with Crippen LogP contribution in [0.15, 0.2) is 0 Å². The lowest BCUT2D eigenvalue weighted by molar-refractivity contribution is 0.00714. The molecule has 0 saturated carbocycles. The monoisotopic (exact) mass is 149 g/mol. The molecule has 4 heteroatoms. The molecule has 0 aromatic rings. The highest BCUT2D eigenvalue weighted by atomic mass is 16.5. The second-order valence-electron chi connectivity index (χ2n) is 1.87. The van der Waals surface area contributed by atoms with Crippen LogP contribution >= 0.6 is 0 Å². The summed E-state index contributed by atoms with van der Waals surface area (Å²) in [6.07, 6.45) is 0. The third-order valence-corrected chi connectivity index (χ3v) is 1.16. The van der Waals surface area contributed by atoms with Crippen LogP contribution in [-0.4, -0.2) is 48.3 Å². The fourth-order valence-electron chi connectivity index (χ4n) is 0.524. The molecule has 0 spiro atoms. The van der Waals surface area contributed by atoms with E-state index in [0.717, 1.165) is 0 Å². The number of hydrogen-bond donors (Lipinski definition) is 2. The van der Waals surface area contributed by atoms with Crippen molar-refractivity contribution >= 4 is 0 Å².